The summed E-state index contributed by atoms with van der Waals surface area (Å²) in [7, 11) is 0. The van der Waals surface area contributed by atoms with Crippen molar-refractivity contribution in [3.63, 3.8) is 0 Å². The molecule has 4 nitrogen and oxygen atoms in total. The third-order valence-electron chi connectivity index (χ3n) is 4.12. The topological polar surface area (TPSA) is 92.5 Å². The lowest BCUT2D eigenvalue weighted by Crippen LogP contribution is -2.61. The predicted molar refractivity (Wildman–Crippen MR) is 94.4 cm³/mol. The lowest BCUT2D eigenvalue weighted by atomic mass is 10.0. The lowest BCUT2D eigenvalue weighted by Gasteiger charge is -2.25. The van der Waals surface area contributed by atoms with Crippen molar-refractivity contribution < 1.29 is 10.2 Å². The number of nitrogens with two attached hydrogens (primary N) is 2. The summed E-state index contributed by atoms with van der Waals surface area (Å²) in [5.74, 6) is 0. The van der Waals surface area contributed by atoms with E-state index in [0.29, 0.717) is 0 Å². The van der Waals surface area contributed by atoms with Gasteiger partial charge in [-0.25, -0.2) is 0 Å². The van der Waals surface area contributed by atoms with Gasteiger partial charge in [0, 0.05) is 0 Å². The maximum Gasteiger partial charge on any atom is 0.118 e. The van der Waals surface area contributed by atoms with Crippen LogP contribution in [0.2, 0.25) is 0 Å². The molecule has 1 atom stereocenters. The average Bonchev–Trinajstić information content (AvgIpc) is 2.51. The van der Waals surface area contributed by atoms with E-state index in [0.717, 1.165) is 12.8 Å². The quantitative estimate of drug-likeness (QED) is 0.212. The zero-order valence-electron chi connectivity index (χ0n) is 14.5. The number of aliphatic hydroxyl groups excluding tert-OH is 2. The van der Waals surface area contributed by atoms with E-state index in [1.807, 2.05) is 6.08 Å². The van der Waals surface area contributed by atoms with Crippen molar-refractivity contribution in [3.05, 3.63) is 12.2 Å². The average molecular weight is 315 g/mol. The highest BCUT2D eigenvalue weighted by molar-refractivity contribution is 4.99. The van der Waals surface area contributed by atoms with Crippen molar-refractivity contribution in [1.29, 1.82) is 0 Å². The molecule has 0 spiro atoms. The predicted octanol–water partition coefficient (Wildman–Crippen LogP) is 3.21. The third kappa shape index (κ3) is 12.2. The summed E-state index contributed by atoms with van der Waals surface area (Å²) >= 11 is 0. The summed E-state index contributed by atoms with van der Waals surface area (Å²) in [6.45, 7) is 1.82. The molecule has 22 heavy (non-hydrogen) atoms. The lowest BCUT2D eigenvalue weighted by molar-refractivity contribution is 0.0777. The van der Waals surface area contributed by atoms with Crippen LogP contribution in [0.3, 0.4) is 0 Å². The van der Waals surface area contributed by atoms with E-state index < -0.39 is 18.4 Å². The summed E-state index contributed by atoms with van der Waals surface area (Å²) < 4.78 is 0. The van der Waals surface area contributed by atoms with Crippen LogP contribution >= 0.6 is 0 Å². The van der Waals surface area contributed by atoms with Gasteiger partial charge >= 0.3 is 0 Å². The van der Waals surface area contributed by atoms with Gasteiger partial charge in [-0.05, 0) is 12.8 Å². The first kappa shape index (κ1) is 21.6. The Morgan fingerprint density at radius 1 is 0.864 bits per heavy atom. The van der Waals surface area contributed by atoms with E-state index >= 15 is 0 Å². The molecule has 0 aromatic rings. The number of hydrogen-bond acceptors (Lipinski definition) is 4. The molecule has 0 aliphatic rings. The minimum Gasteiger partial charge on any atom is -0.393 e. The summed E-state index contributed by atoms with van der Waals surface area (Å²) in [6, 6.07) is 0. The zero-order valence-corrected chi connectivity index (χ0v) is 14.5. The van der Waals surface area contributed by atoms with Crippen molar-refractivity contribution in [2.24, 2.45) is 11.5 Å². The maximum absolute atomic E-state index is 9.66. The first-order valence-corrected chi connectivity index (χ1v) is 9.08. The largest absolute Gasteiger partial charge is 0.393 e. The van der Waals surface area contributed by atoms with Gasteiger partial charge in [0.2, 0.25) is 0 Å². The van der Waals surface area contributed by atoms with Crippen molar-refractivity contribution in [1.82, 2.24) is 0 Å². The van der Waals surface area contributed by atoms with Crippen LogP contribution < -0.4 is 11.5 Å². The molecular weight excluding hydrogens is 276 g/mol. The van der Waals surface area contributed by atoms with Gasteiger partial charge in [0.15, 0.2) is 0 Å². The van der Waals surface area contributed by atoms with Crippen molar-refractivity contribution in [3.8, 4) is 0 Å². The van der Waals surface area contributed by atoms with Crippen LogP contribution in [0.15, 0.2) is 12.2 Å². The van der Waals surface area contributed by atoms with Gasteiger partial charge in [-0.1, -0.05) is 83.3 Å². The Kier molecular flexibility index (Phi) is 13.9. The van der Waals surface area contributed by atoms with Gasteiger partial charge in [-0.3, -0.25) is 0 Å². The molecule has 132 valence electrons. The van der Waals surface area contributed by atoms with Crippen molar-refractivity contribution >= 4 is 0 Å². The van der Waals surface area contributed by atoms with Crippen LogP contribution in [0.1, 0.15) is 84.0 Å². The molecule has 0 radical (unpaired) electrons. The molecular formula is C18H38N2O2. The van der Waals surface area contributed by atoms with Gasteiger partial charge in [0.25, 0.3) is 0 Å². The minimum absolute atomic E-state index is 0.434. The molecule has 0 unspecified atom stereocenters. The maximum atomic E-state index is 9.66. The smallest absolute Gasteiger partial charge is 0.118 e. The Hall–Kier alpha value is -0.420. The SMILES string of the molecule is CCCCCCCCCCCCC/C=C/[C@@H](O)C(N)(N)CO. The fraction of sp³-hybridized carbons (Fsp3) is 0.889. The molecule has 0 aromatic heterocycles. The first-order chi connectivity index (χ1) is 10.5. The number of unbranched alkanes of at least 4 members (excludes halogenated alkanes) is 11. The van der Waals surface area contributed by atoms with Crippen LogP contribution in [0.5, 0.6) is 0 Å². The van der Waals surface area contributed by atoms with E-state index in [1.54, 1.807) is 6.08 Å². The first-order valence-electron chi connectivity index (χ1n) is 9.08. The molecule has 0 saturated heterocycles. The molecule has 0 aliphatic carbocycles. The van der Waals surface area contributed by atoms with Gasteiger partial charge in [0.05, 0.1) is 6.61 Å². The third-order valence-corrected chi connectivity index (χ3v) is 4.12. The number of rotatable bonds is 15. The molecule has 0 aliphatic heterocycles. The normalized spacial score (nSPS) is 13.9. The van der Waals surface area contributed by atoms with Gasteiger partial charge < -0.3 is 21.7 Å². The van der Waals surface area contributed by atoms with Crippen LogP contribution in [0, 0.1) is 0 Å². The Labute approximate surface area is 137 Å². The summed E-state index contributed by atoms with van der Waals surface area (Å²) in [4.78, 5) is 0. The second kappa shape index (κ2) is 14.2. The highest BCUT2D eigenvalue weighted by Crippen LogP contribution is 2.12. The van der Waals surface area contributed by atoms with E-state index in [2.05, 4.69) is 6.92 Å². The van der Waals surface area contributed by atoms with E-state index in [9.17, 15) is 5.11 Å². The highest BCUT2D eigenvalue weighted by Gasteiger charge is 2.25. The van der Waals surface area contributed by atoms with Gasteiger partial charge in [0.1, 0.15) is 11.8 Å². The van der Waals surface area contributed by atoms with E-state index in [1.165, 1.54) is 64.2 Å². The van der Waals surface area contributed by atoms with Crippen molar-refractivity contribution in [2.75, 3.05) is 6.61 Å². The second-order valence-electron chi connectivity index (χ2n) is 6.47. The minimum atomic E-state index is -1.44. The van der Waals surface area contributed by atoms with E-state index in [4.69, 9.17) is 16.6 Å². The number of aliphatic hydroxyl groups is 2. The fourth-order valence-corrected chi connectivity index (χ4v) is 2.42. The Balaban J connectivity index is 3.33. The summed E-state index contributed by atoms with van der Waals surface area (Å²) in [5, 5.41) is 18.6. The molecule has 0 aromatic carbocycles. The molecule has 0 saturated carbocycles. The number of allylic oxidation sites excluding steroid dienone is 1. The van der Waals surface area contributed by atoms with Crippen LogP contribution in [0.4, 0.5) is 0 Å². The second-order valence-corrected chi connectivity index (χ2v) is 6.47. The Morgan fingerprint density at radius 2 is 1.32 bits per heavy atom. The molecule has 6 N–H and O–H groups in total. The van der Waals surface area contributed by atoms with Crippen molar-refractivity contribution in [2.45, 2.75) is 95.7 Å². The molecule has 0 fully saturated rings. The molecule has 4 heteroatoms. The van der Waals surface area contributed by atoms with E-state index in [-0.39, 0.29) is 0 Å². The fourth-order valence-electron chi connectivity index (χ4n) is 2.42. The van der Waals surface area contributed by atoms with Crippen LogP contribution in [-0.4, -0.2) is 28.6 Å². The molecule has 0 bridgehead atoms. The Morgan fingerprint density at radius 3 is 1.77 bits per heavy atom. The van der Waals surface area contributed by atoms with Crippen LogP contribution in [-0.2, 0) is 0 Å². The van der Waals surface area contributed by atoms with Gasteiger partial charge in [-0.15, -0.1) is 0 Å². The summed E-state index contributed by atoms with van der Waals surface area (Å²) in [6.07, 6.45) is 18.1. The molecule has 0 amide bonds. The van der Waals surface area contributed by atoms with Crippen LogP contribution in [0.25, 0.3) is 0 Å². The van der Waals surface area contributed by atoms with Gasteiger partial charge in [-0.2, -0.15) is 0 Å². The highest BCUT2D eigenvalue weighted by atomic mass is 16.3. The standard InChI is InChI=1S/C18H38N2O2/c1-2-3-4-5-6-7-8-9-10-11-12-13-14-15-17(22)18(19,20)16-21/h14-15,17,21-22H,2-13,16,19-20H2,1H3/b15-14+/t17-/m1/s1. The Bertz CT molecular complexity index is 268. The zero-order chi connectivity index (χ0) is 16.7. The molecule has 0 heterocycles. The summed E-state index contributed by atoms with van der Waals surface area (Å²) in [5.41, 5.74) is 9.63. The monoisotopic (exact) mass is 314 g/mol. The number of hydrogen-bond donors (Lipinski definition) is 4. The molecule has 0 rings (SSSR count).